The minimum atomic E-state index is 0.0552. The van der Waals surface area contributed by atoms with Crippen LogP contribution in [0.15, 0.2) is 36.4 Å². The van der Waals surface area contributed by atoms with E-state index in [1.165, 1.54) is 11.1 Å². The molecule has 0 radical (unpaired) electrons. The highest BCUT2D eigenvalue weighted by atomic mass is 35.5. The second-order valence-corrected chi connectivity index (χ2v) is 6.45. The van der Waals surface area contributed by atoms with E-state index < -0.39 is 0 Å². The number of amides is 1. The van der Waals surface area contributed by atoms with Gasteiger partial charge < -0.3 is 10.6 Å². The molecule has 0 spiro atoms. The summed E-state index contributed by atoms with van der Waals surface area (Å²) >= 11 is 6.06. The number of aryl methyl sites for hydroxylation is 2. The van der Waals surface area contributed by atoms with Gasteiger partial charge in [-0.05, 0) is 60.7 Å². The Morgan fingerprint density at radius 1 is 1.30 bits per heavy atom. The fourth-order valence-electron chi connectivity index (χ4n) is 3.07. The number of anilines is 2. The van der Waals surface area contributed by atoms with Gasteiger partial charge >= 0.3 is 0 Å². The zero-order chi connectivity index (χ0) is 16.4. The Bertz CT molecular complexity index is 742. The quantitative estimate of drug-likeness (QED) is 0.820. The Hall–Kier alpha value is -2.00. The molecule has 0 heterocycles. The van der Waals surface area contributed by atoms with Gasteiger partial charge in [0.2, 0.25) is 5.91 Å². The SMILES string of the molecule is CCC(=O)Nc1cc2c(cc1C)C(Nc1cccc(Cl)c1)CC2. The molecule has 0 bridgehead atoms. The van der Waals surface area contributed by atoms with Crippen LogP contribution in [0.1, 0.15) is 42.5 Å². The molecule has 2 aromatic rings. The smallest absolute Gasteiger partial charge is 0.224 e. The molecule has 1 unspecified atom stereocenters. The number of hydrogen-bond acceptors (Lipinski definition) is 2. The highest BCUT2D eigenvalue weighted by Crippen LogP contribution is 2.37. The van der Waals surface area contributed by atoms with Crippen molar-refractivity contribution >= 4 is 28.9 Å². The number of carbonyl (C=O) groups is 1. The summed E-state index contributed by atoms with van der Waals surface area (Å²) in [6.45, 7) is 3.91. The van der Waals surface area contributed by atoms with Crippen molar-refractivity contribution in [1.29, 1.82) is 0 Å². The number of hydrogen-bond donors (Lipinski definition) is 2. The molecule has 0 fully saturated rings. The van der Waals surface area contributed by atoms with Gasteiger partial charge in [0.15, 0.2) is 0 Å². The zero-order valence-electron chi connectivity index (χ0n) is 13.4. The third kappa shape index (κ3) is 3.50. The summed E-state index contributed by atoms with van der Waals surface area (Å²) in [5.74, 6) is 0.0552. The van der Waals surface area contributed by atoms with E-state index in [2.05, 4.69) is 22.8 Å². The second kappa shape index (κ2) is 6.63. The van der Waals surface area contributed by atoms with Gasteiger partial charge in [-0.2, -0.15) is 0 Å². The average Bonchev–Trinajstić information content (AvgIpc) is 2.89. The van der Waals surface area contributed by atoms with E-state index in [1.54, 1.807) is 0 Å². The third-order valence-electron chi connectivity index (χ3n) is 4.32. The highest BCUT2D eigenvalue weighted by molar-refractivity contribution is 6.30. The predicted octanol–water partition coefficient (Wildman–Crippen LogP) is 5.10. The van der Waals surface area contributed by atoms with Gasteiger partial charge in [0.1, 0.15) is 0 Å². The molecular formula is C19H21ClN2O. The van der Waals surface area contributed by atoms with E-state index in [9.17, 15) is 4.79 Å². The van der Waals surface area contributed by atoms with Crippen LogP contribution >= 0.6 is 11.6 Å². The summed E-state index contributed by atoms with van der Waals surface area (Å²) in [5.41, 5.74) is 5.69. The van der Waals surface area contributed by atoms with E-state index in [4.69, 9.17) is 11.6 Å². The molecule has 0 aromatic heterocycles. The van der Waals surface area contributed by atoms with Gasteiger partial charge in [0.05, 0.1) is 6.04 Å². The van der Waals surface area contributed by atoms with E-state index in [0.717, 1.165) is 34.8 Å². The van der Waals surface area contributed by atoms with Crippen molar-refractivity contribution in [1.82, 2.24) is 0 Å². The highest BCUT2D eigenvalue weighted by Gasteiger charge is 2.23. The van der Waals surface area contributed by atoms with Crippen LogP contribution < -0.4 is 10.6 Å². The third-order valence-corrected chi connectivity index (χ3v) is 4.56. The number of carbonyl (C=O) groups excluding carboxylic acids is 1. The summed E-state index contributed by atoms with van der Waals surface area (Å²) < 4.78 is 0. The first-order valence-corrected chi connectivity index (χ1v) is 8.40. The topological polar surface area (TPSA) is 41.1 Å². The first kappa shape index (κ1) is 15.9. The lowest BCUT2D eigenvalue weighted by atomic mass is 10.0. The van der Waals surface area contributed by atoms with Gasteiger partial charge in [-0.15, -0.1) is 0 Å². The zero-order valence-corrected chi connectivity index (χ0v) is 14.2. The summed E-state index contributed by atoms with van der Waals surface area (Å²) in [7, 11) is 0. The summed E-state index contributed by atoms with van der Waals surface area (Å²) in [4.78, 5) is 11.6. The van der Waals surface area contributed by atoms with Crippen molar-refractivity contribution in [3.8, 4) is 0 Å². The molecule has 1 aliphatic carbocycles. The normalized spacial score (nSPS) is 16.0. The van der Waals surface area contributed by atoms with Gasteiger partial charge in [0, 0.05) is 22.8 Å². The van der Waals surface area contributed by atoms with Crippen LogP contribution in [0.3, 0.4) is 0 Å². The van der Waals surface area contributed by atoms with Crippen molar-refractivity contribution in [3.63, 3.8) is 0 Å². The lowest BCUT2D eigenvalue weighted by Gasteiger charge is -2.17. The van der Waals surface area contributed by atoms with Crippen molar-refractivity contribution in [2.75, 3.05) is 10.6 Å². The Balaban J connectivity index is 1.83. The lowest BCUT2D eigenvalue weighted by molar-refractivity contribution is -0.115. The molecule has 0 saturated heterocycles. The van der Waals surface area contributed by atoms with Crippen molar-refractivity contribution < 1.29 is 4.79 Å². The lowest BCUT2D eigenvalue weighted by Crippen LogP contribution is -2.12. The van der Waals surface area contributed by atoms with Crippen molar-refractivity contribution in [2.24, 2.45) is 0 Å². The maximum absolute atomic E-state index is 11.6. The molecule has 3 nitrogen and oxygen atoms in total. The first-order chi connectivity index (χ1) is 11.1. The Morgan fingerprint density at radius 2 is 2.13 bits per heavy atom. The average molecular weight is 329 g/mol. The minimum Gasteiger partial charge on any atom is -0.378 e. The van der Waals surface area contributed by atoms with Gasteiger partial charge in [-0.25, -0.2) is 0 Å². The number of fused-ring (bicyclic) bond motifs is 1. The molecule has 3 rings (SSSR count). The van der Waals surface area contributed by atoms with Crippen LogP contribution in [0.2, 0.25) is 5.02 Å². The van der Waals surface area contributed by atoms with Crippen LogP contribution in [-0.4, -0.2) is 5.91 Å². The second-order valence-electron chi connectivity index (χ2n) is 6.01. The van der Waals surface area contributed by atoms with Crippen LogP contribution in [-0.2, 0) is 11.2 Å². The standard InChI is InChI=1S/C19H21ClN2O/c1-3-19(23)22-18-10-13-7-8-17(16(13)9-12(18)2)21-15-6-4-5-14(20)11-15/h4-6,9-11,17,21H,3,7-8H2,1-2H3,(H,22,23). The predicted molar refractivity (Wildman–Crippen MR) is 96.2 cm³/mol. The largest absolute Gasteiger partial charge is 0.378 e. The molecule has 2 aromatic carbocycles. The number of nitrogens with one attached hydrogen (secondary N) is 2. The van der Waals surface area contributed by atoms with Crippen molar-refractivity contribution in [3.05, 3.63) is 58.1 Å². The van der Waals surface area contributed by atoms with E-state index in [0.29, 0.717) is 6.42 Å². The van der Waals surface area contributed by atoms with Crippen LogP contribution in [0, 0.1) is 6.92 Å². The molecule has 1 aliphatic rings. The number of rotatable bonds is 4. The van der Waals surface area contributed by atoms with Gasteiger partial charge in [-0.3, -0.25) is 4.79 Å². The molecule has 23 heavy (non-hydrogen) atoms. The molecule has 120 valence electrons. The Kier molecular flexibility index (Phi) is 4.58. The minimum absolute atomic E-state index is 0.0552. The number of halogens is 1. The summed E-state index contributed by atoms with van der Waals surface area (Å²) in [6, 6.07) is 12.4. The van der Waals surface area contributed by atoms with Gasteiger partial charge in [-0.1, -0.05) is 30.7 Å². The molecule has 1 atom stereocenters. The molecule has 4 heteroatoms. The monoisotopic (exact) mass is 328 g/mol. The van der Waals surface area contributed by atoms with Crippen LogP contribution in [0.5, 0.6) is 0 Å². The van der Waals surface area contributed by atoms with Crippen molar-refractivity contribution in [2.45, 2.75) is 39.2 Å². The molecule has 2 N–H and O–H groups in total. The number of benzene rings is 2. The first-order valence-electron chi connectivity index (χ1n) is 8.02. The van der Waals surface area contributed by atoms with Crippen LogP contribution in [0.25, 0.3) is 0 Å². The van der Waals surface area contributed by atoms with Crippen LogP contribution in [0.4, 0.5) is 11.4 Å². The Morgan fingerprint density at radius 3 is 2.87 bits per heavy atom. The molecule has 0 saturated carbocycles. The maximum Gasteiger partial charge on any atom is 0.224 e. The fourth-order valence-corrected chi connectivity index (χ4v) is 3.26. The molecular weight excluding hydrogens is 308 g/mol. The van der Waals surface area contributed by atoms with E-state index >= 15 is 0 Å². The fraction of sp³-hybridized carbons (Fsp3) is 0.316. The molecule has 0 aliphatic heterocycles. The summed E-state index contributed by atoms with van der Waals surface area (Å²) in [6.07, 6.45) is 2.56. The van der Waals surface area contributed by atoms with E-state index in [1.807, 2.05) is 38.1 Å². The van der Waals surface area contributed by atoms with Gasteiger partial charge in [0.25, 0.3) is 0 Å². The molecule has 1 amide bonds. The Labute approximate surface area is 142 Å². The maximum atomic E-state index is 11.6. The van der Waals surface area contributed by atoms with E-state index in [-0.39, 0.29) is 11.9 Å². The summed E-state index contributed by atoms with van der Waals surface area (Å²) in [5, 5.41) is 7.29.